The van der Waals surface area contributed by atoms with E-state index in [1.165, 1.54) is 5.56 Å². The smallest absolute Gasteiger partial charge is 0.250 e. The summed E-state index contributed by atoms with van der Waals surface area (Å²) in [5.74, 6) is 0.686. The number of rotatable bonds is 7. The highest BCUT2D eigenvalue weighted by Crippen LogP contribution is 2.24. The molecule has 0 spiro atoms. The second kappa shape index (κ2) is 8.10. The molecule has 0 fully saturated rings. The maximum absolute atomic E-state index is 13.0. The first kappa shape index (κ1) is 21.6. The lowest BCUT2D eigenvalue weighted by Crippen LogP contribution is -2.21. The summed E-state index contributed by atoms with van der Waals surface area (Å²) in [6.45, 7) is 12.9. The monoisotopic (exact) mass is 392 g/mol. The molecular formula is C20H32N4O2S. The Kier molecular flexibility index (Phi) is 6.47. The highest BCUT2D eigenvalue weighted by molar-refractivity contribution is 7.90. The number of nitrogens with zero attached hydrogens (tertiary/aromatic N) is 3. The van der Waals surface area contributed by atoms with Crippen LogP contribution in [-0.4, -0.2) is 23.2 Å². The van der Waals surface area contributed by atoms with Crippen molar-refractivity contribution in [2.24, 2.45) is 11.7 Å². The van der Waals surface area contributed by atoms with Crippen LogP contribution in [0.3, 0.4) is 0 Å². The van der Waals surface area contributed by atoms with Crippen LogP contribution in [0.2, 0.25) is 0 Å². The molecule has 1 aromatic carbocycles. The van der Waals surface area contributed by atoms with E-state index in [9.17, 15) is 8.42 Å². The van der Waals surface area contributed by atoms with Gasteiger partial charge >= 0.3 is 0 Å². The summed E-state index contributed by atoms with van der Waals surface area (Å²) in [6, 6.07) is 7.40. The Morgan fingerprint density at radius 3 is 2.19 bits per heavy atom. The summed E-state index contributed by atoms with van der Waals surface area (Å²) >= 11 is 0. The van der Waals surface area contributed by atoms with Gasteiger partial charge in [0.2, 0.25) is 15.0 Å². The molecule has 27 heavy (non-hydrogen) atoms. The van der Waals surface area contributed by atoms with Gasteiger partial charge in [0, 0.05) is 6.54 Å². The number of hydrogen-bond donors (Lipinski definition) is 1. The Morgan fingerprint density at radius 1 is 1.11 bits per heavy atom. The molecule has 1 unspecified atom stereocenters. The fraction of sp³-hybridized carbons (Fsp3) is 0.600. The van der Waals surface area contributed by atoms with Crippen LogP contribution in [0.15, 0.2) is 29.4 Å². The second-order valence-electron chi connectivity index (χ2n) is 8.57. The average molecular weight is 393 g/mol. The first-order valence-electron chi connectivity index (χ1n) is 9.46. The number of benzene rings is 1. The van der Waals surface area contributed by atoms with E-state index in [2.05, 4.69) is 31.0 Å². The lowest BCUT2D eigenvalue weighted by Gasteiger charge is -2.19. The molecule has 0 bridgehead atoms. The molecule has 0 radical (unpaired) electrons. The highest BCUT2D eigenvalue weighted by Gasteiger charge is 2.27. The minimum absolute atomic E-state index is 0.00926. The summed E-state index contributed by atoms with van der Waals surface area (Å²) in [5, 5.41) is 8.12. The predicted octanol–water partition coefficient (Wildman–Crippen LogP) is 3.62. The van der Waals surface area contributed by atoms with Gasteiger partial charge in [-0.3, -0.25) is 0 Å². The number of aromatic nitrogens is 3. The summed E-state index contributed by atoms with van der Waals surface area (Å²) in [6.07, 6.45) is 0.671. The molecule has 150 valence electrons. The molecule has 7 heteroatoms. The zero-order valence-corrected chi connectivity index (χ0v) is 18.0. The molecule has 0 saturated heterocycles. The summed E-state index contributed by atoms with van der Waals surface area (Å²) in [4.78, 5) is 0. The van der Waals surface area contributed by atoms with Crippen LogP contribution in [-0.2, 0) is 27.5 Å². The maximum Gasteiger partial charge on any atom is 0.250 e. The molecule has 0 saturated carbocycles. The van der Waals surface area contributed by atoms with Gasteiger partial charge in [0.15, 0.2) is 5.82 Å². The molecule has 0 aliphatic carbocycles. The van der Waals surface area contributed by atoms with Gasteiger partial charge in [-0.2, -0.15) is 0 Å². The molecule has 6 nitrogen and oxygen atoms in total. The third-order valence-electron chi connectivity index (χ3n) is 4.52. The van der Waals surface area contributed by atoms with Gasteiger partial charge in [0.25, 0.3) is 0 Å². The Bertz CT molecular complexity index is 862. The van der Waals surface area contributed by atoms with Crippen LogP contribution in [0.25, 0.3) is 0 Å². The standard InChI is InChI=1S/C20H32N4O2S/c1-7-17(21)18-22-23-19(24(18)12-14(2)3)27(25,26)13-15-8-10-16(11-9-15)20(4,5)6/h8-11,14,17H,7,12-13,21H2,1-6H3. The molecule has 0 aliphatic heterocycles. The third-order valence-corrected chi connectivity index (χ3v) is 6.09. The molecule has 2 aromatic rings. The number of hydrogen-bond acceptors (Lipinski definition) is 5. The zero-order valence-electron chi connectivity index (χ0n) is 17.2. The van der Waals surface area contributed by atoms with E-state index in [1.807, 2.05) is 45.0 Å². The van der Waals surface area contributed by atoms with Gasteiger partial charge in [-0.1, -0.05) is 65.8 Å². The van der Waals surface area contributed by atoms with Crippen molar-refractivity contribution in [1.82, 2.24) is 14.8 Å². The average Bonchev–Trinajstić information content (AvgIpc) is 2.97. The fourth-order valence-electron chi connectivity index (χ4n) is 2.91. The van der Waals surface area contributed by atoms with Crippen molar-refractivity contribution < 1.29 is 8.42 Å². The Labute approximate surface area is 163 Å². The van der Waals surface area contributed by atoms with Crippen molar-refractivity contribution in [3.05, 3.63) is 41.2 Å². The quantitative estimate of drug-likeness (QED) is 0.777. The van der Waals surface area contributed by atoms with Gasteiger partial charge in [0.1, 0.15) is 0 Å². The first-order valence-corrected chi connectivity index (χ1v) is 11.1. The van der Waals surface area contributed by atoms with Crippen LogP contribution in [0.5, 0.6) is 0 Å². The van der Waals surface area contributed by atoms with Crippen molar-refractivity contribution in [3.8, 4) is 0 Å². The molecule has 1 heterocycles. The van der Waals surface area contributed by atoms with E-state index in [4.69, 9.17) is 5.73 Å². The van der Waals surface area contributed by atoms with Crippen molar-refractivity contribution in [3.63, 3.8) is 0 Å². The fourth-order valence-corrected chi connectivity index (χ4v) is 4.34. The SMILES string of the molecule is CCC(N)c1nnc(S(=O)(=O)Cc2ccc(C(C)(C)C)cc2)n1CC(C)C. The van der Waals surface area contributed by atoms with E-state index in [1.54, 1.807) is 4.57 Å². The lowest BCUT2D eigenvalue weighted by molar-refractivity contribution is 0.454. The van der Waals surface area contributed by atoms with Crippen molar-refractivity contribution >= 4 is 9.84 Å². The van der Waals surface area contributed by atoms with Crippen LogP contribution >= 0.6 is 0 Å². The normalized spacial score (nSPS) is 13.9. The van der Waals surface area contributed by atoms with Gasteiger partial charge in [0.05, 0.1) is 11.8 Å². The summed E-state index contributed by atoms with van der Waals surface area (Å²) in [5.41, 5.74) is 8.06. The molecule has 2 N–H and O–H groups in total. The third kappa shape index (κ3) is 5.17. The van der Waals surface area contributed by atoms with E-state index < -0.39 is 9.84 Å². The van der Waals surface area contributed by atoms with E-state index >= 15 is 0 Å². The molecule has 1 aromatic heterocycles. The second-order valence-corrected chi connectivity index (χ2v) is 10.4. The Morgan fingerprint density at radius 2 is 1.70 bits per heavy atom. The maximum atomic E-state index is 13.0. The predicted molar refractivity (Wildman–Crippen MR) is 108 cm³/mol. The van der Waals surface area contributed by atoms with Gasteiger partial charge in [-0.25, -0.2) is 8.42 Å². The zero-order chi connectivity index (χ0) is 20.4. The van der Waals surface area contributed by atoms with Crippen LogP contribution in [0, 0.1) is 5.92 Å². The minimum Gasteiger partial charge on any atom is -0.321 e. The minimum atomic E-state index is -3.63. The molecule has 1 atom stereocenters. The van der Waals surface area contributed by atoms with Gasteiger partial charge in [-0.15, -0.1) is 10.2 Å². The van der Waals surface area contributed by atoms with E-state index in [-0.39, 0.29) is 28.3 Å². The van der Waals surface area contributed by atoms with Crippen molar-refractivity contribution in [2.75, 3.05) is 0 Å². The van der Waals surface area contributed by atoms with Crippen molar-refractivity contribution in [1.29, 1.82) is 0 Å². The number of nitrogens with two attached hydrogens (primary N) is 1. The summed E-state index contributed by atoms with van der Waals surface area (Å²) in [7, 11) is -3.63. The van der Waals surface area contributed by atoms with Crippen LogP contribution < -0.4 is 5.73 Å². The number of sulfone groups is 1. The Hall–Kier alpha value is -1.73. The highest BCUT2D eigenvalue weighted by atomic mass is 32.2. The molecule has 0 amide bonds. The van der Waals surface area contributed by atoms with Gasteiger partial charge < -0.3 is 10.3 Å². The molecular weight excluding hydrogens is 360 g/mol. The largest absolute Gasteiger partial charge is 0.321 e. The molecule has 0 aliphatic rings. The Balaban J connectivity index is 2.37. The van der Waals surface area contributed by atoms with Gasteiger partial charge in [-0.05, 0) is 28.9 Å². The molecule has 2 rings (SSSR count). The topological polar surface area (TPSA) is 90.9 Å². The van der Waals surface area contributed by atoms with E-state index in [0.717, 1.165) is 5.56 Å². The summed E-state index contributed by atoms with van der Waals surface area (Å²) < 4.78 is 27.8. The van der Waals surface area contributed by atoms with E-state index in [0.29, 0.717) is 18.8 Å². The first-order chi connectivity index (χ1) is 12.5. The van der Waals surface area contributed by atoms with Crippen molar-refractivity contribution in [2.45, 2.75) is 76.9 Å². The van der Waals surface area contributed by atoms with Crippen LogP contribution in [0.1, 0.15) is 71.0 Å². The van der Waals surface area contributed by atoms with Crippen LogP contribution in [0.4, 0.5) is 0 Å². The lowest BCUT2D eigenvalue weighted by atomic mass is 9.87.